The maximum Gasteiger partial charge on any atom is 0.0690 e. The van der Waals surface area contributed by atoms with Crippen LogP contribution < -0.4 is 0 Å². The van der Waals surface area contributed by atoms with Gasteiger partial charge in [0.05, 0.1) is 11.5 Å². The van der Waals surface area contributed by atoms with Crippen LogP contribution in [-0.4, -0.2) is 13.2 Å². The van der Waals surface area contributed by atoms with Crippen molar-refractivity contribution in [3.05, 3.63) is 0 Å². The standard InChI is InChI=1S/C15H27NO/c1-13(2)11-17-10-9-15(12-16)7-5-14(3,4)6-8-15/h13H,5-11H2,1-4H3. The predicted octanol–water partition coefficient (Wildman–Crippen LogP) is 4.16. The molecule has 17 heavy (non-hydrogen) atoms. The van der Waals surface area contributed by atoms with E-state index in [2.05, 4.69) is 33.8 Å². The largest absolute Gasteiger partial charge is 0.381 e. The first kappa shape index (κ1) is 14.5. The monoisotopic (exact) mass is 237 g/mol. The Balaban J connectivity index is 2.36. The molecule has 0 aliphatic heterocycles. The molecule has 2 heteroatoms. The topological polar surface area (TPSA) is 33.0 Å². The highest BCUT2D eigenvalue weighted by molar-refractivity contribution is 5.02. The average Bonchev–Trinajstić information content (AvgIpc) is 2.27. The molecular weight excluding hydrogens is 210 g/mol. The van der Waals surface area contributed by atoms with E-state index in [0.29, 0.717) is 11.3 Å². The second-order valence-electron chi connectivity index (χ2n) is 6.78. The molecule has 1 aliphatic rings. The zero-order valence-corrected chi connectivity index (χ0v) is 11.9. The zero-order chi connectivity index (χ0) is 12.9. The van der Waals surface area contributed by atoms with Gasteiger partial charge in [-0.05, 0) is 43.4 Å². The molecule has 0 amide bonds. The van der Waals surface area contributed by atoms with Crippen LogP contribution in [0.25, 0.3) is 0 Å². The lowest BCUT2D eigenvalue weighted by Crippen LogP contribution is -2.31. The molecule has 1 rings (SSSR count). The van der Waals surface area contributed by atoms with Crippen LogP contribution in [0.15, 0.2) is 0 Å². The third kappa shape index (κ3) is 4.68. The highest BCUT2D eigenvalue weighted by atomic mass is 16.5. The molecule has 1 fully saturated rings. The van der Waals surface area contributed by atoms with Gasteiger partial charge in [-0.3, -0.25) is 0 Å². The van der Waals surface area contributed by atoms with Gasteiger partial charge in [0.2, 0.25) is 0 Å². The first-order valence-corrected chi connectivity index (χ1v) is 6.88. The minimum atomic E-state index is -0.105. The van der Waals surface area contributed by atoms with E-state index in [1.807, 2.05) is 0 Å². The molecule has 0 N–H and O–H groups in total. The Labute approximate surface area is 106 Å². The summed E-state index contributed by atoms with van der Waals surface area (Å²) in [4.78, 5) is 0. The van der Waals surface area contributed by atoms with Crippen molar-refractivity contribution in [3.63, 3.8) is 0 Å². The SMILES string of the molecule is CC(C)COCCC1(C#N)CCC(C)(C)CC1. The van der Waals surface area contributed by atoms with Crippen LogP contribution in [0.2, 0.25) is 0 Å². The van der Waals surface area contributed by atoms with Gasteiger partial charge in [-0.1, -0.05) is 27.7 Å². The second kappa shape index (κ2) is 5.87. The Hall–Kier alpha value is -0.550. The fraction of sp³-hybridized carbons (Fsp3) is 0.933. The van der Waals surface area contributed by atoms with Crippen molar-refractivity contribution in [3.8, 4) is 6.07 Å². The predicted molar refractivity (Wildman–Crippen MR) is 70.6 cm³/mol. The van der Waals surface area contributed by atoms with Gasteiger partial charge in [-0.15, -0.1) is 0 Å². The van der Waals surface area contributed by atoms with E-state index >= 15 is 0 Å². The van der Waals surface area contributed by atoms with Gasteiger partial charge < -0.3 is 4.74 Å². The maximum atomic E-state index is 9.41. The molecule has 0 radical (unpaired) electrons. The van der Waals surface area contributed by atoms with Gasteiger partial charge in [-0.2, -0.15) is 5.26 Å². The first-order chi connectivity index (χ1) is 7.89. The summed E-state index contributed by atoms with van der Waals surface area (Å²) in [6.07, 6.45) is 5.34. The van der Waals surface area contributed by atoms with E-state index in [0.717, 1.165) is 32.5 Å². The molecule has 0 aromatic heterocycles. The van der Waals surface area contributed by atoms with Crippen LogP contribution in [0.5, 0.6) is 0 Å². The van der Waals surface area contributed by atoms with Crippen LogP contribution in [0.3, 0.4) is 0 Å². The van der Waals surface area contributed by atoms with E-state index in [4.69, 9.17) is 4.74 Å². The quantitative estimate of drug-likeness (QED) is 0.673. The minimum absolute atomic E-state index is 0.105. The normalized spacial score (nSPS) is 22.4. The summed E-state index contributed by atoms with van der Waals surface area (Å²) < 4.78 is 5.63. The molecular formula is C15H27NO. The molecule has 0 bridgehead atoms. The van der Waals surface area contributed by atoms with Crippen molar-refractivity contribution in [1.29, 1.82) is 5.26 Å². The summed E-state index contributed by atoms with van der Waals surface area (Å²) in [7, 11) is 0. The number of nitrogens with zero attached hydrogens (tertiary/aromatic N) is 1. The minimum Gasteiger partial charge on any atom is -0.381 e. The number of nitriles is 1. The molecule has 0 spiro atoms. The third-order valence-corrected chi connectivity index (χ3v) is 3.97. The Morgan fingerprint density at radius 2 is 1.76 bits per heavy atom. The summed E-state index contributed by atoms with van der Waals surface area (Å²) in [5.41, 5.74) is 0.325. The summed E-state index contributed by atoms with van der Waals surface area (Å²) in [6.45, 7) is 10.5. The fourth-order valence-corrected chi connectivity index (χ4v) is 2.41. The molecule has 0 heterocycles. The van der Waals surface area contributed by atoms with Crippen molar-refractivity contribution < 1.29 is 4.74 Å². The van der Waals surface area contributed by atoms with Gasteiger partial charge in [-0.25, -0.2) is 0 Å². The van der Waals surface area contributed by atoms with E-state index in [1.54, 1.807) is 0 Å². The Bertz CT molecular complexity index is 265. The Morgan fingerprint density at radius 1 is 1.18 bits per heavy atom. The van der Waals surface area contributed by atoms with Crippen LogP contribution in [0.1, 0.15) is 59.8 Å². The van der Waals surface area contributed by atoms with E-state index in [-0.39, 0.29) is 5.41 Å². The Kier molecular flexibility index (Phi) is 5.01. The van der Waals surface area contributed by atoms with Crippen molar-refractivity contribution in [1.82, 2.24) is 0 Å². The molecule has 98 valence electrons. The van der Waals surface area contributed by atoms with Crippen molar-refractivity contribution in [2.75, 3.05) is 13.2 Å². The molecule has 0 unspecified atom stereocenters. The van der Waals surface area contributed by atoms with Gasteiger partial charge >= 0.3 is 0 Å². The lowest BCUT2D eigenvalue weighted by atomic mass is 9.64. The van der Waals surface area contributed by atoms with Crippen LogP contribution in [-0.2, 0) is 4.74 Å². The highest BCUT2D eigenvalue weighted by Crippen LogP contribution is 2.46. The van der Waals surface area contributed by atoms with E-state index in [1.165, 1.54) is 12.8 Å². The third-order valence-electron chi connectivity index (χ3n) is 3.97. The molecule has 1 saturated carbocycles. The van der Waals surface area contributed by atoms with Gasteiger partial charge in [0.1, 0.15) is 0 Å². The Morgan fingerprint density at radius 3 is 2.24 bits per heavy atom. The molecule has 2 nitrogen and oxygen atoms in total. The molecule has 1 aliphatic carbocycles. The number of ether oxygens (including phenoxy) is 1. The summed E-state index contributed by atoms with van der Waals surface area (Å²) in [5.74, 6) is 0.582. The highest BCUT2D eigenvalue weighted by Gasteiger charge is 2.38. The lowest BCUT2D eigenvalue weighted by Gasteiger charge is -2.39. The zero-order valence-electron chi connectivity index (χ0n) is 11.9. The van der Waals surface area contributed by atoms with Crippen LogP contribution >= 0.6 is 0 Å². The van der Waals surface area contributed by atoms with Crippen molar-refractivity contribution in [2.24, 2.45) is 16.7 Å². The van der Waals surface area contributed by atoms with Crippen molar-refractivity contribution >= 4 is 0 Å². The maximum absolute atomic E-state index is 9.41. The summed E-state index contributed by atoms with van der Waals surface area (Å²) in [5, 5.41) is 9.41. The lowest BCUT2D eigenvalue weighted by molar-refractivity contribution is 0.0635. The molecule has 0 aromatic rings. The fourth-order valence-electron chi connectivity index (χ4n) is 2.41. The van der Waals surface area contributed by atoms with Gasteiger partial charge in [0.15, 0.2) is 0 Å². The first-order valence-electron chi connectivity index (χ1n) is 6.88. The van der Waals surface area contributed by atoms with Crippen molar-refractivity contribution in [2.45, 2.75) is 59.8 Å². The second-order valence-corrected chi connectivity index (χ2v) is 6.78. The van der Waals surface area contributed by atoms with Gasteiger partial charge in [0.25, 0.3) is 0 Å². The number of hydrogen-bond acceptors (Lipinski definition) is 2. The molecule has 0 aromatic carbocycles. The summed E-state index contributed by atoms with van der Waals surface area (Å²) in [6, 6.07) is 2.56. The van der Waals surface area contributed by atoms with E-state index < -0.39 is 0 Å². The van der Waals surface area contributed by atoms with Crippen LogP contribution in [0.4, 0.5) is 0 Å². The smallest absolute Gasteiger partial charge is 0.0690 e. The average molecular weight is 237 g/mol. The molecule has 0 saturated heterocycles. The molecule has 0 atom stereocenters. The number of rotatable bonds is 5. The summed E-state index contributed by atoms with van der Waals surface area (Å²) >= 11 is 0. The van der Waals surface area contributed by atoms with Gasteiger partial charge in [0, 0.05) is 13.2 Å². The van der Waals surface area contributed by atoms with E-state index in [9.17, 15) is 5.26 Å². The number of hydrogen-bond donors (Lipinski definition) is 0. The van der Waals surface area contributed by atoms with Crippen LogP contribution in [0, 0.1) is 28.1 Å².